The third-order valence-corrected chi connectivity index (χ3v) is 4.23. The predicted molar refractivity (Wildman–Crippen MR) is 77.6 cm³/mol. The van der Waals surface area contributed by atoms with Crippen molar-refractivity contribution in [3.05, 3.63) is 28.0 Å². The number of hydrogen-bond donors (Lipinski definition) is 2. The van der Waals surface area contributed by atoms with E-state index in [9.17, 15) is 9.50 Å². The van der Waals surface area contributed by atoms with E-state index in [1.807, 2.05) is 0 Å². The third-order valence-electron chi connectivity index (χ3n) is 3.64. The topological polar surface area (TPSA) is 32.3 Å². The van der Waals surface area contributed by atoms with Crippen molar-refractivity contribution in [3.8, 4) is 0 Å². The molecule has 1 aromatic carbocycles. The van der Waals surface area contributed by atoms with Crippen molar-refractivity contribution >= 4 is 28.9 Å². The van der Waals surface area contributed by atoms with Gasteiger partial charge in [-0.05, 0) is 25.0 Å². The second-order valence-corrected chi connectivity index (χ2v) is 6.05. The molecule has 0 radical (unpaired) electrons. The summed E-state index contributed by atoms with van der Waals surface area (Å²) in [6.45, 7) is 0.387. The van der Waals surface area contributed by atoms with Gasteiger partial charge in [-0.15, -0.1) is 0 Å². The van der Waals surface area contributed by atoms with Gasteiger partial charge >= 0.3 is 0 Å². The van der Waals surface area contributed by atoms with Gasteiger partial charge in [0.05, 0.1) is 21.3 Å². The zero-order chi connectivity index (χ0) is 13.9. The minimum atomic E-state index is -0.725. The number of halogens is 3. The van der Waals surface area contributed by atoms with Crippen molar-refractivity contribution in [1.82, 2.24) is 0 Å². The summed E-state index contributed by atoms with van der Waals surface area (Å²) in [6.07, 6.45) is 5.94. The van der Waals surface area contributed by atoms with E-state index in [0.717, 1.165) is 25.7 Å². The standard InChI is InChI=1S/C14H18Cl2FNO/c15-11-7-10(17)8-12(16)13(11)18-9-14(19)5-3-1-2-4-6-14/h7-8,18-19H,1-6,9H2. The average Bonchev–Trinajstić information content (AvgIpc) is 2.53. The SMILES string of the molecule is OC1(CNc2c(Cl)cc(F)cc2Cl)CCCCCC1. The van der Waals surface area contributed by atoms with Crippen molar-refractivity contribution in [2.24, 2.45) is 0 Å². The molecule has 0 aromatic heterocycles. The van der Waals surface area contributed by atoms with E-state index in [4.69, 9.17) is 23.2 Å². The van der Waals surface area contributed by atoms with E-state index in [1.165, 1.54) is 25.0 Å². The molecule has 1 aliphatic carbocycles. The molecule has 5 heteroatoms. The van der Waals surface area contributed by atoms with Crippen LogP contribution in [0.5, 0.6) is 0 Å². The Kier molecular flexibility index (Phi) is 4.93. The lowest BCUT2D eigenvalue weighted by molar-refractivity contribution is 0.0381. The maximum Gasteiger partial charge on any atom is 0.126 e. The summed E-state index contributed by atoms with van der Waals surface area (Å²) in [5.41, 5.74) is -0.236. The van der Waals surface area contributed by atoms with E-state index in [1.54, 1.807) is 0 Å². The first kappa shape index (κ1) is 14.9. The van der Waals surface area contributed by atoms with Crippen LogP contribution in [0.25, 0.3) is 0 Å². The lowest BCUT2D eigenvalue weighted by Gasteiger charge is -2.27. The maximum absolute atomic E-state index is 13.1. The normalized spacial score (nSPS) is 18.9. The van der Waals surface area contributed by atoms with Crippen molar-refractivity contribution in [2.45, 2.75) is 44.1 Å². The van der Waals surface area contributed by atoms with Gasteiger partial charge in [0.2, 0.25) is 0 Å². The number of aliphatic hydroxyl groups is 1. The molecule has 0 bridgehead atoms. The van der Waals surface area contributed by atoms with Crippen LogP contribution in [0, 0.1) is 5.82 Å². The van der Waals surface area contributed by atoms with Crippen molar-refractivity contribution in [2.75, 3.05) is 11.9 Å². The van der Waals surface area contributed by atoms with Crippen LogP contribution in [0.4, 0.5) is 10.1 Å². The molecular formula is C14H18Cl2FNO. The zero-order valence-electron chi connectivity index (χ0n) is 10.7. The Hall–Kier alpha value is -0.510. The van der Waals surface area contributed by atoms with Crippen LogP contribution >= 0.6 is 23.2 Å². The molecule has 0 unspecified atom stereocenters. The van der Waals surface area contributed by atoms with E-state index < -0.39 is 11.4 Å². The fourth-order valence-corrected chi connectivity index (χ4v) is 3.12. The summed E-state index contributed by atoms with van der Waals surface area (Å²) in [5, 5.41) is 14.1. The molecule has 0 heterocycles. The summed E-state index contributed by atoms with van der Waals surface area (Å²) in [4.78, 5) is 0. The molecule has 2 nitrogen and oxygen atoms in total. The van der Waals surface area contributed by atoms with Gasteiger partial charge in [-0.1, -0.05) is 48.9 Å². The quantitative estimate of drug-likeness (QED) is 0.798. The fraction of sp³-hybridized carbons (Fsp3) is 0.571. The monoisotopic (exact) mass is 305 g/mol. The summed E-state index contributed by atoms with van der Waals surface area (Å²) < 4.78 is 13.1. The molecule has 1 aromatic rings. The largest absolute Gasteiger partial charge is 0.388 e. The van der Waals surface area contributed by atoms with Crippen molar-refractivity contribution in [3.63, 3.8) is 0 Å². The summed E-state index contributed by atoms with van der Waals surface area (Å²) in [5.74, 6) is -0.464. The Bertz CT molecular complexity index is 422. The highest BCUT2D eigenvalue weighted by Crippen LogP contribution is 2.33. The molecule has 1 saturated carbocycles. The lowest BCUT2D eigenvalue weighted by Crippen LogP contribution is -2.36. The predicted octanol–water partition coefficient (Wildman–Crippen LogP) is 4.63. The van der Waals surface area contributed by atoms with Crippen LogP contribution < -0.4 is 5.32 Å². The van der Waals surface area contributed by atoms with Gasteiger partial charge in [0.15, 0.2) is 0 Å². The molecule has 0 aliphatic heterocycles. The van der Waals surface area contributed by atoms with E-state index in [-0.39, 0.29) is 10.0 Å². The number of hydrogen-bond acceptors (Lipinski definition) is 2. The Morgan fingerprint density at radius 3 is 2.16 bits per heavy atom. The average molecular weight is 306 g/mol. The number of rotatable bonds is 3. The lowest BCUT2D eigenvalue weighted by atomic mass is 9.94. The molecule has 19 heavy (non-hydrogen) atoms. The highest BCUT2D eigenvalue weighted by molar-refractivity contribution is 6.39. The summed E-state index contributed by atoms with van der Waals surface area (Å²) >= 11 is 11.9. The Balaban J connectivity index is 2.05. The van der Waals surface area contributed by atoms with Crippen LogP contribution in [0.2, 0.25) is 10.0 Å². The number of benzene rings is 1. The van der Waals surface area contributed by atoms with E-state index >= 15 is 0 Å². The van der Waals surface area contributed by atoms with Crippen LogP contribution in [-0.4, -0.2) is 17.3 Å². The summed E-state index contributed by atoms with van der Waals surface area (Å²) in [7, 11) is 0. The first-order valence-electron chi connectivity index (χ1n) is 6.61. The second kappa shape index (κ2) is 6.29. The molecular weight excluding hydrogens is 288 g/mol. The van der Waals surface area contributed by atoms with E-state index in [0.29, 0.717) is 12.2 Å². The number of nitrogens with one attached hydrogen (secondary N) is 1. The van der Waals surface area contributed by atoms with Crippen LogP contribution in [0.15, 0.2) is 12.1 Å². The fourth-order valence-electron chi connectivity index (χ4n) is 2.53. The zero-order valence-corrected chi connectivity index (χ0v) is 12.2. The van der Waals surface area contributed by atoms with Gasteiger partial charge in [0.25, 0.3) is 0 Å². The van der Waals surface area contributed by atoms with Crippen LogP contribution in [-0.2, 0) is 0 Å². The third kappa shape index (κ3) is 3.98. The highest BCUT2D eigenvalue weighted by atomic mass is 35.5. The molecule has 1 fully saturated rings. The van der Waals surface area contributed by atoms with Crippen molar-refractivity contribution < 1.29 is 9.50 Å². The second-order valence-electron chi connectivity index (χ2n) is 5.24. The van der Waals surface area contributed by atoms with Gasteiger partial charge in [-0.3, -0.25) is 0 Å². The Morgan fingerprint density at radius 1 is 1.11 bits per heavy atom. The molecule has 2 rings (SSSR count). The van der Waals surface area contributed by atoms with Crippen LogP contribution in [0.3, 0.4) is 0 Å². The molecule has 106 valence electrons. The first-order chi connectivity index (χ1) is 9.00. The summed E-state index contributed by atoms with van der Waals surface area (Å²) in [6, 6.07) is 2.43. The molecule has 0 spiro atoms. The van der Waals surface area contributed by atoms with Crippen molar-refractivity contribution in [1.29, 1.82) is 0 Å². The van der Waals surface area contributed by atoms with Gasteiger partial charge < -0.3 is 10.4 Å². The molecule has 0 saturated heterocycles. The van der Waals surface area contributed by atoms with Gasteiger partial charge in [-0.25, -0.2) is 4.39 Å². The Labute approximate surface area is 122 Å². The Morgan fingerprint density at radius 2 is 1.63 bits per heavy atom. The molecule has 0 amide bonds. The van der Waals surface area contributed by atoms with Crippen LogP contribution in [0.1, 0.15) is 38.5 Å². The first-order valence-corrected chi connectivity index (χ1v) is 7.37. The van der Waals surface area contributed by atoms with Gasteiger partial charge in [-0.2, -0.15) is 0 Å². The van der Waals surface area contributed by atoms with E-state index in [2.05, 4.69) is 5.32 Å². The van der Waals surface area contributed by atoms with Gasteiger partial charge in [0, 0.05) is 6.54 Å². The minimum Gasteiger partial charge on any atom is -0.388 e. The maximum atomic E-state index is 13.1. The molecule has 2 N–H and O–H groups in total. The minimum absolute atomic E-state index is 0.238. The molecule has 1 aliphatic rings. The molecule has 0 atom stereocenters. The number of anilines is 1. The van der Waals surface area contributed by atoms with Gasteiger partial charge in [0.1, 0.15) is 5.82 Å². The smallest absolute Gasteiger partial charge is 0.126 e. The highest BCUT2D eigenvalue weighted by Gasteiger charge is 2.28.